The van der Waals surface area contributed by atoms with Crippen LogP contribution in [0.2, 0.25) is 0 Å². The number of benzene rings is 2. The van der Waals surface area contributed by atoms with Gasteiger partial charge in [0.05, 0.1) is 6.04 Å². The van der Waals surface area contributed by atoms with E-state index in [0.717, 1.165) is 37.1 Å². The number of carbonyl (C=O) groups is 1. The Balaban J connectivity index is 1.53. The van der Waals surface area contributed by atoms with Gasteiger partial charge in [-0.05, 0) is 67.2 Å². The van der Waals surface area contributed by atoms with Crippen molar-refractivity contribution in [2.75, 3.05) is 19.6 Å². The van der Waals surface area contributed by atoms with Gasteiger partial charge < -0.3 is 4.90 Å². The summed E-state index contributed by atoms with van der Waals surface area (Å²) in [7, 11) is 0. The fourth-order valence-electron chi connectivity index (χ4n) is 4.40. The molecule has 0 N–H and O–H groups in total. The van der Waals surface area contributed by atoms with E-state index < -0.39 is 0 Å². The lowest BCUT2D eigenvalue weighted by atomic mass is 10.00. The standard InChI is InChI=1S/C25H30N2O/c1-2-8-24-13-7-16-27(24)25(28)23-12-6-11-22(18-23)21-10-5-9-20(17-21)19-26-14-3-4-15-26/h5-7,9-13,17-18,24H,2-4,8,14-16,19H2,1H3. The van der Waals surface area contributed by atoms with Gasteiger partial charge in [-0.3, -0.25) is 9.69 Å². The van der Waals surface area contributed by atoms with E-state index in [2.05, 4.69) is 60.4 Å². The highest BCUT2D eigenvalue weighted by Crippen LogP contribution is 2.25. The van der Waals surface area contributed by atoms with Crippen LogP contribution in [0.15, 0.2) is 60.7 Å². The molecule has 0 radical (unpaired) electrons. The van der Waals surface area contributed by atoms with Crippen LogP contribution in [0.25, 0.3) is 11.1 Å². The molecule has 2 heterocycles. The normalized spacial score (nSPS) is 19.5. The lowest BCUT2D eigenvalue weighted by molar-refractivity contribution is 0.0744. The highest BCUT2D eigenvalue weighted by molar-refractivity contribution is 5.96. The molecular formula is C25H30N2O. The third-order valence-corrected chi connectivity index (χ3v) is 5.88. The maximum Gasteiger partial charge on any atom is 0.254 e. The molecule has 1 amide bonds. The van der Waals surface area contributed by atoms with Gasteiger partial charge >= 0.3 is 0 Å². The number of hydrogen-bond acceptors (Lipinski definition) is 2. The molecule has 0 saturated carbocycles. The second-order valence-electron chi connectivity index (χ2n) is 8.01. The van der Waals surface area contributed by atoms with Gasteiger partial charge in [0, 0.05) is 18.7 Å². The number of carbonyl (C=O) groups excluding carboxylic acids is 1. The van der Waals surface area contributed by atoms with Crippen LogP contribution in [-0.2, 0) is 6.54 Å². The van der Waals surface area contributed by atoms with Gasteiger partial charge in [0.1, 0.15) is 0 Å². The first-order valence-corrected chi connectivity index (χ1v) is 10.6. The maximum atomic E-state index is 13.1. The average molecular weight is 375 g/mol. The molecule has 3 nitrogen and oxygen atoms in total. The van der Waals surface area contributed by atoms with E-state index in [4.69, 9.17) is 0 Å². The number of hydrogen-bond donors (Lipinski definition) is 0. The summed E-state index contributed by atoms with van der Waals surface area (Å²) in [5.41, 5.74) is 4.44. The van der Waals surface area contributed by atoms with Gasteiger partial charge in [0.15, 0.2) is 0 Å². The number of likely N-dealkylation sites (tertiary alicyclic amines) is 1. The molecule has 2 aromatic carbocycles. The van der Waals surface area contributed by atoms with Gasteiger partial charge in [-0.15, -0.1) is 0 Å². The monoisotopic (exact) mass is 374 g/mol. The van der Waals surface area contributed by atoms with E-state index >= 15 is 0 Å². The van der Waals surface area contributed by atoms with Crippen LogP contribution in [0, 0.1) is 0 Å². The molecule has 0 bridgehead atoms. The summed E-state index contributed by atoms with van der Waals surface area (Å²) in [5.74, 6) is 0.138. The Morgan fingerprint density at radius 2 is 1.79 bits per heavy atom. The van der Waals surface area contributed by atoms with Crippen LogP contribution in [0.3, 0.4) is 0 Å². The molecule has 1 saturated heterocycles. The molecule has 1 unspecified atom stereocenters. The molecular weight excluding hydrogens is 344 g/mol. The topological polar surface area (TPSA) is 23.6 Å². The van der Waals surface area contributed by atoms with E-state index in [1.165, 1.54) is 37.1 Å². The van der Waals surface area contributed by atoms with E-state index in [-0.39, 0.29) is 11.9 Å². The number of nitrogens with zero attached hydrogens (tertiary/aromatic N) is 2. The molecule has 2 aliphatic rings. The molecule has 146 valence electrons. The van der Waals surface area contributed by atoms with Gasteiger partial charge in [0.25, 0.3) is 5.91 Å². The summed E-state index contributed by atoms with van der Waals surface area (Å²) in [6.45, 7) is 6.32. The second-order valence-corrected chi connectivity index (χ2v) is 8.01. The number of amides is 1. The Labute approximate surface area is 168 Å². The van der Waals surface area contributed by atoms with E-state index in [0.29, 0.717) is 0 Å². The number of rotatable bonds is 6. The lowest BCUT2D eigenvalue weighted by Crippen LogP contribution is -2.36. The van der Waals surface area contributed by atoms with Crippen LogP contribution in [0.5, 0.6) is 0 Å². The largest absolute Gasteiger partial charge is 0.328 e. The fourth-order valence-corrected chi connectivity index (χ4v) is 4.40. The lowest BCUT2D eigenvalue weighted by Gasteiger charge is -2.24. The summed E-state index contributed by atoms with van der Waals surface area (Å²) < 4.78 is 0. The van der Waals surface area contributed by atoms with Crippen molar-refractivity contribution in [1.82, 2.24) is 9.80 Å². The molecule has 4 rings (SSSR count). The van der Waals surface area contributed by atoms with Gasteiger partial charge in [-0.2, -0.15) is 0 Å². The molecule has 3 heteroatoms. The third kappa shape index (κ3) is 4.20. The first-order valence-electron chi connectivity index (χ1n) is 10.6. The molecule has 1 atom stereocenters. The minimum absolute atomic E-state index is 0.138. The summed E-state index contributed by atoms with van der Waals surface area (Å²) in [5, 5.41) is 0. The fraction of sp³-hybridized carbons (Fsp3) is 0.400. The Morgan fingerprint density at radius 1 is 1.04 bits per heavy atom. The molecule has 0 spiro atoms. The van der Waals surface area contributed by atoms with Crippen molar-refractivity contribution in [2.24, 2.45) is 0 Å². The minimum atomic E-state index is 0.138. The van der Waals surface area contributed by atoms with Crippen molar-refractivity contribution >= 4 is 5.91 Å². The molecule has 0 aliphatic carbocycles. The highest BCUT2D eigenvalue weighted by atomic mass is 16.2. The zero-order valence-electron chi connectivity index (χ0n) is 16.8. The van der Waals surface area contributed by atoms with Crippen LogP contribution in [0.4, 0.5) is 0 Å². The quantitative estimate of drug-likeness (QED) is 0.655. The minimum Gasteiger partial charge on any atom is -0.328 e. The van der Waals surface area contributed by atoms with Gasteiger partial charge in [0.2, 0.25) is 0 Å². The van der Waals surface area contributed by atoms with Gasteiger partial charge in [-0.25, -0.2) is 0 Å². The molecule has 0 aromatic heterocycles. The molecule has 2 aliphatic heterocycles. The second kappa shape index (κ2) is 8.74. The first kappa shape index (κ1) is 18.9. The van der Waals surface area contributed by atoms with E-state index in [1.54, 1.807) is 0 Å². The van der Waals surface area contributed by atoms with Crippen LogP contribution >= 0.6 is 0 Å². The van der Waals surface area contributed by atoms with Crippen molar-refractivity contribution in [3.63, 3.8) is 0 Å². The van der Waals surface area contributed by atoms with E-state index in [9.17, 15) is 4.79 Å². The average Bonchev–Trinajstić information content (AvgIpc) is 3.40. The van der Waals surface area contributed by atoms with E-state index in [1.807, 2.05) is 17.0 Å². The Morgan fingerprint density at radius 3 is 2.57 bits per heavy atom. The van der Waals surface area contributed by atoms with Crippen molar-refractivity contribution in [1.29, 1.82) is 0 Å². The smallest absolute Gasteiger partial charge is 0.254 e. The predicted molar refractivity (Wildman–Crippen MR) is 115 cm³/mol. The van der Waals surface area contributed by atoms with Crippen molar-refractivity contribution in [3.05, 3.63) is 71.8 Å². The summed E-state index contributed by atoms with van der Waals surface area (Å²) in [4.78, 5) is 17.6. The predicted octanol–water partition coefficient (Wildman–Crippen LogP) is 5.13. The Hall–Kier alpha value is -2.39. The zero-order valence-corrected chi connectivity index (χ0v) is 16.8. The van der Waals surface area contributed by atoms with Crippen molar-refractivity contribution < 1.29 is 4.79 Å². The maximum absolute atomic E-state index is 13.1. The van der Waals surface area contributed by atoms with Gasteiger partial charge in [-0.1, -0.05) is 55.8 Å². The van der Waals surface area contributed by atoms with Crippen molar-refractivity contribution in [3.8, 4) is 11.1 Å². The zero-order chi connectivity index (χ0) is 19.3. The Kier molecular flexibility index (Phi) is 5.92. The summed E-state index contributed by atoms with van der Waals surface area (Å²) in [6.07, 6.45) is 9.03. The third-order valence-electron chi connectivity index (χ3n) is 5.88. The summed E-state index contributed by atoms with van der Waals surface area (Å²) in [6, 6.07) is 17.1. The highest BCUT2D eigenvalue weighted by Gasteiger charge is 2.25. The molecule has 28 heavy (non-hydrogen) atoms. The molecule has 2 aromatic rings. The summed E-state index contributed by atoms with van der Waals surface area (Å²) >= 11 is 0. The first-order chi connectivity index (χ1) is 13.7. The molecule has 1 fully saturated rings. The van der Waals surface area contributed by atoms with Crippen LogP contribution < -0.4 is 0 Å². The Bertz CT molecular complexity index is 851. The van der Waals surface area contributed by atoms with Crippen molar-refractivity contribution in [2.45, 2.75) is 45.2 Å². The van der Waals surface area contributed by atoms with Crippen LogP contribution in [0.1, 0.15) is 48.5 Å². The SMILES string of the molecule is CCCC1C=CCN1C(=O)c1cccc(-c2cccc(CN3CCCC3)c2)c1. The van der Waals surface area contributed by atoms with Crippen LogP contribution in [-0.4, -0.2) is 41.4 Å².